The Kier molecular flexibility index (Phi) is 13.7. The van der Waals surface area contributed by atoms with Crippen molar-refractivity contribution in [3.8, 4) is 0 Å². The fourth-order valence-electron chi connectivity index (χ4n) is 2.77. The fraction of sp³-hybridized carbons (Fsp3) is 0.810. The molecule has 0 aromatic rings. The molecule has 0 fully saturated rings. The summed E-state index contributed by atoms with van der Waals surface area (Å²) >= 11 is 0. The molecule has 0 aliphatic rings. The lowest BCUT2D eigenvalue weighted by molar-refractivity contribution is -0.152. The largest absolute Gasteiger partial charge is 0.461 e. The molecule has 180 valence electrons. The first-order chi connectivity index (χ1) is 14.4. The van der Waals surface area contributed by atoms with E-state index in [1.54, 1.807) is 0 Å². The minimum atomic E-state index is -0.850. The van der Waals surface area contributed by atoms with Gasteiger partial charge in [-0.1, -0.05) is 34.6 Å². The second-order valence-electron chi connectivity index (χ2n) is 9.14. The van der Waals surface area contributed by atoms with Crippen LogP contribution in [0.3, 0.4) is 0 Å². The Bertz CT molecular complexity index is 589. The Morgan fingerprint density at radius 2 is 1.58 bits per heavy atom. The van der Waals surface area contributed by atoms with Crippen molar-refractivity contribution in [1.82, 2.24) is 16.0 Å². The number of carbonyl (C=O) groups excluding carboxylic acids is 4. The summed E-state index contributed by atoms with van der Waals surface area (Å²) in [6.45, 7) is 9.83. The van der Waals surface area contributed by atoms with Crippen molar-refractivity contribution < 1.29 is 23.9 Å². The molecule has 0 heterocycles. The highest BCUT2D eigenvalue weighted by atomic mass is 16.5. The average molecular weight is 444 g/mol. The standard InChI is InChI=1S/C21H41N5O5/c1-14(2)16(10-21(3,4)5)31-19(29)13-25-20(30)15(8-6-7-9-22)26-18(28)12-24-17(27)11-23/h14-16H,6-13,22-23H2,1-5H3,(H,24,27)(H,25,30)(H,26,28)/t15-,16?/m0/s1. The summed E-state index contributed by atoms with van der Waals surface area (Å²) in [4.78, 5) is 48.0. The maximum atomic E-state index is 12.5. The van der Waals surface area contributed by atoms with Crippen LogP contribution in [0.1, 0.15) is 60.3 Å². The van der Waals surface area contributed by atoms with Crippen LogP contribution in [-0.4, -0.2) is 62.0 Å². The first-order valence-corrected chi connectivity index (χ1v) is 10.8. The summed E-state index contributed by atoms with van der Waals surface area (Å²) in [5, 5.41) is 7.44. The number of nitrogens with one attached hydrogen (secondary N) is 3. The monoisotopic (exact) mass is 443 g/mol. The summed E-state index contributed by atoms with van der Waals surface area (Å²) in [7, 11) is 0. The molecule has 0 saturated carbocycles. The third-order valence-electron chi connectivity index (χ3n) is 4.48. The number of amides is 3. The zero-order valence-electron chi connectivity index (χ0n) is 19.6. The van der Waals surface area contributed by atoms with Crippen molar-refractivity contribution in [2.24, 2.45) is 22.8 Å². The van der Waals surface area contributed by atoms with Gasteiger partial charge in [-0.3, -0.25) is 19.2 Å². The van der Waals surface area contributed by atoms with E-state index in [0.29, 0.717) is 32.2 Å². The molecule has 0 aromatic carbocycles. The summed E-state index contributed by atoms with van der Waals surface area (Å²) in [6.07, 6.45) is 2.11. The van der Waals surface area contributed by atoms with Crippen molar-refractivity contribution >= 4 is 23.7 Å². The predicted octanol–water partition coefficient (Wildman–Crippen LogP) is -0.205. The quantitative estimate of drug-likeness (QED) is 0.183. The van der Waals surface area contributed by atoms with Crippen molar-refractivity contribution in [3.63, 3.8) is 0 Å². The van der Waals surface area contributed by atoms with Crippen LogP contribution >= 0.6 is 0 Å². The lowest BCUT2D eigenvalue weighted by Crippen LogP contribution is -2.50. The van der Waals surface area contributed by atoms with Crippen LogP contribution in [0.15, 0.2) is 0 Å². The van der Waals surface area contributed by atoms with Gasteiger partial charge in [0, 0.05) is 0 Å². The molecular formula is C21H41N5O5. The molecule has 0 radical (unpaired) electrons. The van der Waals surface area contributed by atoms with Crippen molar-refractivity contribution in [1.29, 1.82) is 0 Å². The first kappa shape index (κ1) is 28.8. The Morgan fingerprint density at radius 3 is 2.10 bits per heavy atom. The summed E-state index contributed by atoms with van der Waals surface area (Å²) in [6, 6.07) is -0.850. The van der Waals surface area contributed by atoms with E-state index in [1.807, 2.05) is 13.8 Å². The van der Waals surface area contributed by atoms with Crippen LogP contribution < -0.4 is 27.4 Å². The lowest BCUT2D eigenvalue weighted by atomic mass is 9.85. The molecule has 31 heavy (non-hydrogen) atoms. The molecule has 3 amide bonds. The molecule has 10 nitrogen and oxygen atoms in total. The summed E-state index contributed by atoms with van der Waals surface area (Å²) in [5.74, 6) is -1.88. The number of nitrogens with two attached hydrogens (primary N) is 2. The highest BCUT2D eigenvalue weighted by molar-refractivity contribution is 5.91. The molecule has 10 heteroatoms. The molecule has 0 aromatic heterocycles. The van der Waals surface area contributed by atoms with Crippen LogP contribution in [0.25, 0.3) is 0 Å². The molecule has 0 rings (SSSR count). The van der Waals surface area contributed by atoms with E-state index < -0.39 is 29.7 Å². The van der Waals surface area contributed by atoms with Crippen molar-refractivity contribution in [3.05, 3.63) is 0 Å². The van der Waals surface area contributed by atoms with E-state index in [-0.39, 0.29) is 37.1 Å². The molecular weight excluding hydrogens is 402 g/mol. The number of esters is 1. The Morgan fingerprint density at radius 1 is 0.935 bits per heavy atom. The maximum Gasteiger partial charge on any atom is 0.325 e. The number of hydrogen-bond donors (Lipinski definition) is 5. The molecule has 0 saturated heterocycles. The van der Waals surface area contributed by atoms with Gasteiger partial charge in [0.2, 0.25) is 17.7 Å². The van der Waals surface area contributed by atoms with E-state index >= 15 is 0 Å². The molecule has 0 bridgehead atoms. The van der Waals surface area contributed by atoms with Crippen molar-refractivity contribution in [2.45, 2.75) is 72.4 Å². The summed E-state index contributed by atoms with van der Waals surface area (Å²) < 4.78 is 5.56. The van der Waals surface area contributed by atoms with Gasteiger partial charge in [-0.15, -0.1) is 0 Å². The number of rotatable bonds is 14. The number of ether oxygens (including phenoxy) is 1. The van der Waals surface area contributed by atoms with Gasteiger partial charge >= 0.3 is 5.97 Å². The van der Waals surface area contributed by atoms with Crippen LogP contribution in [0, 0.1) is 11.3 Å². The van der Waals surface area contributed by atoms with Gasteiger partial charge in [0.25, 0.3) is 0 Å². The molecule has 0 aliphatic heterocycles. The molecule has 7 N–H and O–H groups in total. The Labute approximate surface area is 185 Å². The van der Waals surface area contributed by atoms with Gasteiger partial charge in [-0.2, -0.15) is 0 Å². The second-order valence-corrected chi connectivity index (χ2v) is 9.14. The maximum absolute atomic E-state index is 12.5. The van der Waals surface area contributed by atoms with E-state index in [1.165, 1.54) is 0 Å². The Hall–Kier alpha value is -2.20. The highest BCUT2D eigenvalue weighted by Crippen LogP contribution is 2.26. The number of carbonyl (C=O) groups is 4. The molecule has 2 atom stereocenters. The van der Waals surface area contributed by atoms with Gasteiger partial charge in [-0.25, -0.2) is 0 Å². The lowest BCUT2D eigenvalue weighted by Gasteiger charge is -2.28. The van der Waals surface area contributed by atoms with Crippen LogP contribution in [-0.2, 0) is 23.9 Å². The van der Waals surface area contributed by atoms with Gasteiger partial charge in [0.05, 0.1) is 13.1 Å². The molecule has 0 spiro atoms. The molecule has 1 unspecified atom stereocenters. The fourth-order valence-corrected chi connectivity index (χ4v) is 2.77. The molecule has 0 aliphatic carbocycles. The number of unbranched alkanes of at least 4 members (excludes halogenated alkanes) is 1. The van der Waals surface area contributed by atoms with Crippen molar-refractivity contribution in [2.75, 3.05) is 26.2 Å². The van der Waals surface area contributed by atoms with Gasteiger partial charge in [-0.05, 0) is 43.6 Å². The minimum absolute atomic E-state index is 0.00382. The highest BCUT2D eigenvalue weighted by Gasteiger charge is 2.26. The number of hydrogen-bond acceptors (Lipinski definition) is 7. The third-order valence-corrected chi connectivity index (χ3v) is 4.48. The zero-order valence-corrected chi connectivity index (χ0v) is 19.6. The van der Waals surface area contributed by atoms with Gasteiger partial charge in [0.15, 0.2) is 0 Å². The minimum Gasteiger partial charge on any atom is -0.461 e. The predicted molar refractivity (Wildman–Crippen MR) is 119 cm³/mol. The van der Waals surface area contributed by atoms with E-state index in [4.69, 9.17) is 16.2 Å². The average Bonchev–Trinajstić information content (AvgIpc) is 2.67. The smallest absolute Gasteiger partial charge is 0.325 e. The van der Waals surface area contributed by atoms with E-state index in [9.17, 15) is 19.2 Å². The topological polar surface area (TPSA) is 166 Å². The zero-order chi connectivity index (χ0) is 24.0. The van der Waals surface area contributed by atoms with E-state index in [2.05, 4.69) is 36.7 Å². The van der Waals surface area contributed by atoms with Gasteiger partial charge < -0.3 is 32.2 Å². The van der Waals surface area contributed by atoms with Crippen LogP contribution in [0.2, 0.25) is 0 Å². The summed E-state index contributed by atoms with van der Waals surface area (Å²) in [5.41, 5.74) is 10.7. The first-order valence-electron chi connectivity index (χ1n) is 10.8. The normalized spacial score (nSPS) is 13.3. The van der Waals surface area contributed by atoms with Crippen LogP contribution in [0.5, 0.6) is 0 Å². The Balaban J connectivity index is 4.79. The van der Waals surface area contributed by atoms with Crippen LogP contribution in [0.4, 0.5) is 0 Å². The second kappa shape index (κ2) is 14.7. The third kappa shape index (κ3) is 14.4. The van der Waals surface area contributed by atoms with Gasteiger partial charge in [0.1, 0.15) is 18.7 Å². The van der Waals surface area contributed by atoms with E-state index in [0.717, 1.165) is 0 Å². The SMILES string of the molecule is CC(C)C(CC(C)(C)C)OC(=O)CNC(=O)[C@H](CCCCN)NC(=O)CNC(=O)CN.